The van der Waals surface area contributed by atoms with Crippen LogP contribution in [0.5, 0.6) is 5.75 Å². The van der Waals surface area contributed by atoms with Crippen LogP contribution in [0.15, 0.2) is 101 Å². The molecule has 6 rings (SSSR count). The summed E-state index contributed by atoms with van der Waals surface area (Å²) in [6, 6.07) is 24.8. The van der Waals surface area contributed by atoms with Gasteiger partial charge in [-0.3, -0.25) is 14.6 Å². The van der Waals surface area contributed by atoms with Gasteiger partial charge in [0, 0.05) is 47.6 Å². The van der Waals surface area contributed by atoms with Crippen LogP contribution in [0.4, 0.5) is 0 Å². The minimum atomic E-state index is -0.316. The smallest absolute Gasteiger partial charge is 0.211 e. The zero-order valence-electron chi connectivity index (χ0n) is 24.4. The number of benzene rings is 3. The van der Waals surface area contributed by atoms with E-state index in [0.717, 1.165) is 47.2 Å². The first-order chi connectivity index (χ1) is 21.5. The molecule has 2 aromatic heterocycles. The molecular weight excluding hydrogens is 558 g/mol. The lowest BCUT2D eigenvalue weighted by atomic mass is 9.90. The summed E-state index contributed by atoms with van der Waals surface area (Å²) in [5.74, 6) is 3.07. The van der Waals surface area contributed by atoms with E-state index in [2.05, 4.69) is 40.5 Å². The molecule has 10 nitrogen and oxygen atoms in total. The topological polar surface area (TPSA) is 168 Å². The summed E-state index contributed by atoms with van der Waals surface area (Å²) in [6.07, 6.45) is 4.75. The highest BCUT2D eigenvalue weighted by Gasteiger charge is 2.30. The third-order valence-corrected chi connectivity index (χ3v) is 7.44. The average molecular weight is 593 g/mol. The summed E-state index contributed by atoms with van der Waals surface area (Å²) in [6.45, 7) is 0.512. The number of nitrogens with one attached hydrogen (secondary N) is 1. The van der Waals surface area contributed by atoms with Crippen molar-refractivity contribution in [1.82, 2.24) is 15.3 Å². The number of ether oxygens (including phenoxy) is 1. The van der Waals surface area contributed by atoms with Crippen LogP contribution in [0.25, 0.3) is 22.2 Å². The van der Waals surface area contributed by atoms with Gasteiger partial charge in [0.25, 0.3) is 0 Å². The van der Waals surface area contributed by atoms with Gasteiger partial charge in [0.15, 0.2) is 11.5 Å². The number of allylic oxidation sites excluding steroid dienone is 2. The predicted molar refractivity (Wildman–Crippen MR) is 165 cm³/mol. The van der Waals surface area contributed by atoms with Crippen LogP contribution in [0.1, 0.15) is 44.3 Å². The highest BCUT2D eigenvalue weighted by Crippen LogP contribution is 2.35. The van der Waals surface area contributed by atoms with Crippen LogP contribution in [0.3, 0.4) is 0 Å². The number of aryl methyl sites for hydroxylation is 3. The number of fused-ring (bicyclic) bond motifs is 2. The summed E-state index contributed by atoms with van der Waals surface area (Å²) >= 11 is 0. The van der Waals surface area contributed by atoms with E-state index in [9.17, 15) is 9.59 Å². The van der Waals surface area contributed by atoms with Crippen LogP contribution < -0.4 is 21.7 Å². The summed E-state index contributed by atoms with van der Waals surface area (Å²) in [5, 5.41) is 9.85. The zero-order valence-corrected chi connectivity index (χ0v) is 24.4. The van der Waals surface area contributed by atoms with Crippen LogP contribution >= 0.6 is 0 Å². The Morgan fingerprint density at radius 1 is 0.886 bits per heavy atom. The Bertz CT molecular complexity index is 1810. The molecule has 0 amide bonds. The molecule has 0 aliphatic heterocycles. The molecule has 0 fully saturated rings. The van der Waals surface area contributed by atoms with Crippen LogP contribution in [-0.2, 0) is 19.3 Å². The fourth-order valence-electron chi connectivity index (χ4n) is 5.21. The van der Waals surface area contributed by atoms with Crippen molar-refractivity contribution >= 4 is 22.7 Å². The maximum atomic E-state index is 12.9. The molecule has 0 unspecified atom stereocenters. The van der Waals surface area contributed by atoms with Crippen molar-refractivity contribution in [2.75, 3.05) is 13.7 Å². The van der Waals surface area contributed by atoms with Crippen molar-refractivity contribution in [1.29, 1.82) is 0 Å². The number of carbonyl (C=O) groups excluding carboxylic acids is 2. The second-order valence-electron chi connectivity index (χ2n) is 10.2. The van der Waals surface area contributed by atoms with Gasteiger partial charge in [-0.1, -0.05) is 54.6 Å². The number of methoxy groups -OCH3 is 1. The number of nitrogens with two attached hydrogens (primary N) is 1. The van der Waals surface area contributed by atoms with Gasteiger partial charge < -0.3 is 20.2 Å². The fraction of sp³-hybridized carbons (Fsp3) is 0.176. The van der Waals surface area contributed by atoms with Crippen LogP contribution in [-0.4, -0.2) is 40.4 Å². The lowest BCUT2D eigenvalue weighted by Gasteiger charge is -2.19. The highest BCUT2D eigenvalue weighted by molar-refractivity contribution is 6.26. The van der Waals surface area contributed by atoms with E-state index in [4.69, 9.17) is 25.1 Å². The summed E-state index contributed by atoms with van der Waals surface area (Å²) in [7, 11) is 1.65. The molecule has 0 atom stereocenters. The number of carbonyl (C=O) groups is 2. The van der Waals surface area contributed by atoms with E-state index < -0.39 is 0 Å². The molecule has 1 aliphatic carbocycles. The van der Waals surface area contributed by atoms with Gasteiger partial charge in [0.2, 0.25) is 11.6 Å². The van der Waals surface area contributed by atoms with Crippen molar-refractivity contribution in [3.63, 3.8) is 0 Å². The molecule has 0 saturated carbocycles. The Morgan fingerprint density at radius 3 is 2.32 bits per heavy atom. The summed E-state index contributed by atoms with van der Waals surface area (Å²) in [4.78, 5) is 34.5. The van der Waals surface area contributed by atoms with Gasteiger partial charge in [-0.2, -0.15) is 0 Å². The van der Waals surface area contributed by atoms with Crippen molar-refractivity contribution in [2.24, 2.45) is 5.73 Å². The van der Waals surface area contributed by atoms with Gasteiger partial charge in [-0.25, -0.2) is 16.1 Å². The average Bonchev–Trinajstić information content (AvgIpc) is 3.49. The van der Waals surface area contributed by atoms with Gasteiger partial charge >= 0.3 is 0 Å². The first-order valence-corrected chi connectivity index (χ1v) is 14.2. The Balaban J connectivity index is 0.00000188. The monoisotopic (exact) mass is 592 g/mol. The van der Waals surface area contributed by atoms with E-state index in [1.165, 1.54) is 0 Å². The van der Waals surface area contributed by atoms with E-state index in [-0.39, 0.29) is 23.0 Å². The number of ketones is 2. The minimum Gasteiger partial charge on any atom is -0.496 e. The van der Waals surface area contributed by atoms with Gasteiger partial charge in [0.05, 0.1) is 7.11 Å². The first-order valence-electron chi connectivity index (χ1n) is 14.2. The van der Waals surface area contributed by atoms with Crippen LogP contribution in [0, 0.1) is 0 Å². The number of pyridine rings is 1. The summed E-state index contributed by atoms with van der Waals surface area (Å²) < 4.78 is 11.7. The number of nitrogens with zero attached hydrogens (tertiary/aromatic N) is 2. The molecule has 0 bridgehead atoms. The van der Waals surface area contributed by atoms with Gasteiger partial charge in [-0.05, 0) is 48.6 Å². The molecule has 10 heteroatoms. The molecule has 7 N–H and O–H groups in total. The number of quaternary nitrogens is 1. The predicted octanol–water partition coefficient (Wildman–Crippen LogP) is 4.07. The van der Waals surface area contributed by atoms with E-state index in [0.29, 0.717) is 41.3 Å². The van der Waals surface area contributed by atoms with E-state index in [1.807, 2.05) is 30.3 Å². The van der Waals surface area contributed by atoms with E-state index in [1.54, 1.807) is 37.6 Å². The highest BCUT2D eigenvalue weighted by atomic mass is 16.5. The molecule has 0 spiro atoms. The third-order valence-electron chi connectivity index (χ3n) is 7.44. The number of rotatable bonds is 10. The molecule has 5 aromatic rings. The van der Waals surface area contributed by atoms with Crippen molar-refractivity contribution in [3.8, 4) is 16.9 Å². The van der Waals surface area contributed by atoms with Gasteiger partial charge in [0.1, 0.15) is 22.7 Å². The molecular formula is C34H34N5O5+. The number of aromatic nitrogens is 2. The molecule has 0 saturated heterocycles. The lowest BCUT2D eigenvalue weighted by Crippen LogP contribution is -2.42. The van der Waals surface area contributed by atoms with Crippen molar-refractivity contribution in [2.45, 2.75) is 25.7 Å². The molecule has 224 valence electrons. The minimum absolute atomic E-state index is 0.0265. The Labute approximate surface area is 254 Å². The van der Waals surface area contributed by atoms with Crippen LogP contribution in [0.2, 0.25) is 0 Å². The first kappa shape index (κ1) is 30.1. The Morgan fingerprint density at radius 2 is 1.61 bits per heavy atom. The molecule has 0 radical (unpaired) electrons. The number of hydrogen-bond acceptors (Lipinski definition) is 9. The summed E-state index contributed by atoms with van der Waals surface area (Å²) in [5.41, 5.74) is 12.5. The maximum absolute atomic E-state index is 12.9. The molecule has 2 heterocycles. The van der Waals surface area contributed by atoms with E-state index >= 15 is 0 Å². The second kappa shape index (κ2) is 13.8. The Kier molecular flexibility index (Phi) is 9.43. The quantitative estimate of drug-likeness (QED) is 0.138. The lowest BCUT2D eigenvalue weighted by molar-refractivity contribution is -0.670. The number of Topliss-reactive ketones (excluding diaryl/α,β-unsaturated/α-hetero) is 2. The zero-order chi connectivity index (χ0) is 31.1. The second-order valence-corrected chi connectivity index (χ2v) is 10.2. The third kappa shape index (κ3) is 6.36. The van der Waals surface area contributed by atoms with Crippen molar-refractivity contribution in [3.05, 3.63) is 125 Å². The molecule has 1 aliphatic rings. The molecule has 3 aromatic carbocycles. The SMILES string of the molecule is COc1cc2oc(CCc3ccccn3)nc2cc1-c1ccc(CCCNC2=C(N)C(=O)c3ccccc3C2=O)cc1.[NH3+]O. The van der Waals surface area contributed by atoms with Gasteiger partial charge in [-0.15, -0.1) is 0 Å². The maximum Gasteiger partial charge on any atom is 0.211 e. The largest absolute Gasteiger partial charge is 0.496 e. The number of oxazole rings is 1. The standard InChI is InChI=1S/C34H30N4O4.H4NO/c1-41-28-20-29-27(38-30(42-29)16-15-23-8-4-5-17-36-23)19-26(28)22-13-11-21(12-14-22)7-6-18-37-32-31(35)33(39)24-9-2-3-10-25(24)34(32)40;1-2/h2-5,8-14,17,19-20,37H,6-7,15-16,18,35H2,1H3;2H,1H3/q;+1. The fourth-order valence-corrected chi connectivity index (χ4v) is 5.21. The van der Waals surface area contributed by atoms with Crippen molar-refractivity contribution < 1.29 is 29.8 Å². The normalized spacial score (nSPS) is 12.5. The number of hydrogen-bond donors (Lipinski definition) is 4. The Hall–Kier alpha value is -5.32. The molecule has 44 heavy (non-hydrogen) atoms.